The fraction of sp³-hybridized carbons (Fsp3) is 0.674. The van der Waals surface area contributed by atoms with E-state index in [9.17, 15) is 58.2 Å². The number of nitrogens with zero attached hydrogens (tertiary/aromatic N) is 4. The van der Waals surface area contributed by atoms with Gasteiger partial charge >= 0.3 is 23.9 Å². The fourth-order valence-electron chi connectivity index (χ4n) is 14.7. The summed E-state index contributed by atoms with van der Waals surface area (Å²) in [7, 11) is 19.7. The van der Waals surface area contributed by atoms with E-state index in [1.165, 1.54) is 114 Å². The molecule has 6 aliphatic rings. The first-order valence-electron chi connectivity index (χ1n) is 41.5. The Labute approximate surface area is 763 Å². The maximum atomic E-state index is 14.0. The Morgan fingerprint density at radius 1 is 0.589 bits per heavy atom. The van der Waals surface area contributed by atoms with Gasteiger partial charge in [-0.25, -0.2) is 9.59 Å². The Bertz CT molecular complexity index is 3870. The van der Waals surface area contributed by atoms with Crippen molar-refractivity contribution in [1.82, 2.24) is 9.80 Å². The van der Waals surface area contributed by atoms with Crippen LogP contribution in [0.2, 0.25) is 10.0 Å². The van der Waals surface area contributed by atoms with Gasteiger partial charge in [0.15, 0.2) is 0 Å². The number of fused-ring (bicyclic) bond motifs is 10. The Balaban J connectivity index is 0.000000491. The third-order valence-corrected chi connectivity index (χ3v) is 30.9. The summed E-state index contributed by atoms with van der Waals surface area (Å²) < 4.78 is 58.7. The highest BCUT2D eigenvalue weighted by molar-refractivity contribution is 8.77. The van der Waals surface area contributed by atoms with E-state index < -0.39 is 131 Å². The normalized spacial score (nSPS) is 28.3. The molecule has 0 aliphatic carbocycles. The minimum Gasteiger partial charge on any atom is -0.495 e. The molecule has 8 rings (SSSR count). The number of carbonyl (C=O) groups is 10. The number of Topliss-reactive ketones (excluding diaryl/α,β-unsaturated/α-hetero) is 2. The first kappa shape index (κ1) is 112. The topological polar surface area (TPSA) is 323 Å². The number of rotatable bonds is 24. The molecule has 2 aromatic carbocycles. The summed E-state index contributed by atoms with van der Waals surface area (Å²) in [4.78, 5) is 131. The van der Waals surface area contributed by atoms with Crippen LogP contribution >= 0.6 is 66.4 Å². The average Bonchev–Trinajstić information content (AvgIpc) is 1.57. The Hall–Kier alpha value is -6.16. The summed E-state index contributed by atoms with van der Waals surface area (Å²) in [5.41, 5.74) is -1.12. The van der Waals surface area contributed by atoms with E-state index in [2.05, 4.69) is 41.5 Å². The maximum Gasteiger partial charge on any atom is 0.328 e. The lowest BCUT2D eigenvalue weighted by Crippen LogP contribution is -2.53. The number of ketones is 2. The average molecular weight is 1860 g/mol. The van der Waals surface area contributed by atoms with Crippen molar-refractivity contribution in [1.29, 1.82) is 0 Å². The molecule has 0 saturated carbocycles. The van der Waals surface area contributed by atoms with E-state index in [0.29, 0.717) is 60.1 Å². The van der Waals surface area contributed by atoms with E-state index in [-0.39, 0.29) is 84.7 Å². The molecule has 0 unspecified atom stereocenters. The molecule has 2 aromatic rings. The SMILES string of the molecule is C.C.CCCSSC(C)(C)CCC(C)=O.CCCSSC(C)(C)CCC(C)=O.COc1cc2cc(c1Cl)N(C)C(=O)C[C@@H](OC(=O)[C@@H](C)N(C)C(C)=O)[C@@]1(C)O[C@@H]1[C@@H](C)[C@H]1C[C@](O)(CC(=O)O1)[C@@H](OC)/C=C/C=C(\C)C2.COc1cc2cc(c1Cl)N(C)C(=O)C[C@@H](OC(=O)[C@@H](C)N(C)C(C)=O)[C@@]1(C)O[C@@H]1[C@@H](C)[C@H]1C[C@](O)(CC(=O)O1)[C@@H](OC)/C=C/C=C(\C)C2. The van der Waals surface area contributed by atoms with Crippen molar-refractivity contribution >= 4 is 137 Å². The number of amides is 4. The molecular weight excluding hydrogens is 1710 g/mol. The molecule has 26 nitrogen and oxygen atoms in total. The molecule has 124 heavy (non-hydrogen) atoms. The monoisotopic (exact) mass is 1850 g/mol. The molecule has 8 bridgehead atoms. The van der Waals surface area contributed by atoms with Crippen LogP contribution in [0.25, 0.3) is 0 Å². The second-order valence-electron chi connectivity index (χ2n) is 34.4. The summed E-state index contributed by atoms with van der Waals surface area (Å²) >= 11 is 13.4. The van der Waals surface area contributed by atoms with Crippen LogP contribution in [0.5, 0.6) is 11.5 Å². The zero-order chi connectivity index (χ0) is 92.1. The lowest BCUT2D eigenvalue weighted by atomic mass is 9.78. The highest BCUT2D eigenvalue weighted by Crippen LogP contribution is 2.53. The number of benzene rings is 2. The molecule has 6 aliphatic heterocycles. The van der Waals surface area contributed by atoms with Crippen LogP contribution < -0.4 is 19.3 Å². The Morgan fingerprint density at radius 3 is 1.21 bits per heavy atom. The van der Waals surface area contributed by atoms with E-state index in [0.717, 1.165) is 35.1 Å². The van der Waals surface area contributed by atoms with Crippen LogP contribution in [0.15, 0.2) is 71.9 Å². The summed E-state index contributed by atoms with van der Waals surface area (Å²) in [6.45, 7) is 33.3. The third-order valence-electron chi connectivity index (χ3n) is 23.1. The molecule has 6 heterocycles. The maximum absolute atomic E-state index is 14.0. The predicted molar refractivity (Wildman–Crippen MR) is 498 cm³/mol. The van der Waals surface area contributed by atoms with E-state index in [1.54, 1.807) is 90.4 Å². The molecule has 700 valence electrons. The molecule has 32 heteroatoms. The van der Waals surface area contributed by atoms with Gasteiger partial charge in [-0.15, -0.1) is 0 Å². The summed E-state index contributed by atoms with van der Waals surface area (Å²) in [6.07, 6.45) is 10.00. The van der Waals surface area contributed by atoms with E-state index in [4.69, 9.17) is 70.6 Å². The van der Waals surface area contributed by atoms with Gasteiger partial charge in [-0.05, 0) is 157 Å². The van der Waals surface area contributed by atoms with Gasteiger partial charge in [0.2, 0.25) is 23.6 Å². The number of anilines is 2. The Kier molecular flexibility index (Phi) is 44.8. The number of esters is 4. The molecule has 0 spiro atoms. The first-order valence-corrected chi connectivity index (χ1v) is 46.9. The number of epoxide rings is 2. The van der Waals surface area contributed by atoms with Crippen LogP contribution in [0.3, 0.4) is 0 Å². The van der Waals surface area contributed by atoms with Gasteiger partial charge in [0, 0.05) is 115 Å². The molecule has 0 radical (unpaired) electrons. The molecule has 2 N–H and O–H groups in total. The first-order chi connectivity index (χ1) is 56.9. The zero-order valence-corrected chi connectivity index (χ0v) is 81.0. The van der Waals surface area contributed by atoms with Gasteiger partial charge < -0.3 is 86.8 Å². The standard InChI is InChI=1S/2C35H47ClN2O10.2C10H20OS2.2CH4/c2*1-19-11-10-12-27(45-9)35(43)17-26(46-30(41)18-35)20(2)32-34(5,48-32)28(47-33(42)21(3)37(6)22(4)39)16-29(40)38(7)24-14-23(13-19)15-25(44-8)31(24)36;2*1-5-8-12-13-10(3,4)7-6-9(2)11;;/h2*10-12,14-15,20-21,26-28,32,43H,13,16-18H2,1-9H3;2*5-8H2,1-4H3;2*1H4/b2*12-10+,19-11+;;;;/t2*20-,21+,26+,27-,28+,32+,34+,35-;;;;/m00..../s1. The van der Waals surface area contributed by atoms with Crippen molar-refractivity contribution in [2.24, 2.45) is 11.8 Å². The molecule has 16 atom stereocenters. The summed E-state index contributed by atoms with van der Waals surface area (Å²) in [5, 5.41) is 24.0. The molecule has 0 aromatic heterocycles. The zero-order valence-electron chi connectivity index (χ0n) is 76.3. The summed E-state index contributed by atoms with van der Waals surface area (Å²) in [6, 6.07) is 5.32. The van der Waals surface area contributed by atoms with Crippen molar-refractivity contribution in [3.05, 3.63) is 93.0 Å². The number of halogens is 2. The third kappa shape index (κ3) is 31.6. The number of hydrogen-bond donors (Lipinski definition) is 2. The van der Waals surface area contributed by atoms with Crippen LogP contribution in [0, 0.1) is 11.8 Å². The highest BCUT2D eigenvalue weighted by atomic mass is 35.5. The number of carbonyl (C=O) groups excluding carboxylic acids is 10. The minimum atomic E-state index is -1.56. The number of aliphatic hydroxyl groups is 2. The smallest absolute Gasteiger partial charge is 0.328 e. The second kappa shape index (κ2) is 49.6. The van der Waals surface area contributed by atoms with Crippen molar-refractivity contribution < 1.29 is 106 Å². The van der Waals surface area contributed by atoms with Crippen LogP contribution in [-0.4, -0.2) is 240 Å². The number of methoxy groups -OCH3 is 4. The number of hydrogen-bond acceptors (Lipinski definition) is 26. The van der Waals surface area contributed by atoms with Crippen molar-refractivity contribution in [2.45, 2.75) is 322 Å². The molecule has 4 saturated heterocycles. The Morgan fingerprint density at radius 2 is 0.919 bits per heavy atom. The minimum absolute atomic E-state index is 0. The van der Waals surface area contributed by atoms with Gasteiger partial charge in [-0.2, -0.15) is 0 Å². The van der Waals surface area contributed by atoms with Crippen LogP contribution in [0.1, 0.15) is 228 Å². The lowest BCUT2D eigenvalue weighted by molar-refractivity contribution is -0.188. The van der Waals surface area contributed by atoms with Crippen LogP contribution in [0.4, 0.5) is 11.4 Å². The summed E-state index contributed by atoms with van der Waals surface area (Å²) in [5.74, 6) is -1.27. The van der Waals surface area contributed by atoms with Gasteiger partial charge in [0.25, 0.3) is 0 Å². The van der Waals surface area contributed by atoms with Gasteiger partial charge in [-0.1, -0.05) is 157 Å². The largest absolute Gasteiger partial charge is 0.495 e. The quantitative estimate of drug-likeness (QED) is 0.0324. The predicted octanol–water partition coefficient (Wildman–Crippen LogP) is 16.7. The number of allylic oxidation sites excluding steroid dienone is 6. The van der Waals surface area contributed by atoms with Crippen LogP contribution in [-0.2, 0) is 98.7 Å². The molecule has 4 fully saturated rings. The van der Waals surface area contributed by atoms with Gasteiger partial charge in [-0.3, -0.25) is 28.8 Å². The number of ether oxygens (including phenoxy) is 10. The fourth-order valence-corrected chi connectivity index (χ4v) is 20.7. The van der Waals surface area contributed by atoms with E-state index >= 15 is 0 Å². The number of likely N-dealkylation sites (N-methyl/N-ethyl adjacent to an activating group) is 2. The molecule has 4 amide bonds. The van der Waals surface area contributed by atoms with Gasteiger partial charge in [0.1, 0.15) is 104 Å². The lowest BCUT2D eigenvalue weighted by Gasteiger charge is -2.41. The molecular formula is C92H142Cl2N4O22S4. The second-order valence-corrected chi connectivity index (χ2v) is 41.4. The highest BCUT2D eigenvalue weighted by Gasteiger charge is 2.66. The van der Waals surface area contributed by atoms with Crippen molar-refractivity contribution in [3.8, 4) is 11.5 Å². The van der Waals surface area contributed by atoms with Crippen molar-refractivity contribution in [3.63, 3.8) is 0 Å². The van der Waals surface area contributed by atoms with Gasteiger partial charge in [0.05, 0.1) is 63.5 Å². The van der Waals surface area contributed by atoms with Crippen molar-refractivity contribution in [2.75, 3.05) is 77.9 Å². The van der Waals surface area contributed by atoms with E-state index in [1.807, 2.05) is 83.0 Å².